The van der Waals surface area contributed by atoms with Crippen molar-refractivity contribution in [3.05, 3.63) is 22.3 Å². The zero-order chi connectivity index (χ0) is 25.9. The number of hydrogen-bond acceptors (Lipinski definition) is 7. The lowest BCUT2D eigenvalue weighted by Gasteiger charge is -2.22. The van der Waals surface area contributed by atoms with Crippen LogP contribution in [0.1, 0.15) is 90.4 Å². The third kappa shape index (κ3) is 15.3. The molecule has 0 aromatic carbocycles. The number of nitrogens with zero attached hydrogens (tertiary/aromatic N) is 1. The van der Waals surface area contributed by atoms with Crippen molar-refractivity contribution in [3.63, 3.8) is 0 Å². The molecule has 1 saturated carbocycles. The maximum atomic E-state index is 12.2. The van der Waals surface area contributed by atoms with E-state index in [0.29, 0.717) is 56.6 Å². The Morgan fingerprint density at radius 1 is 1.00 bits per heavy atom. The number of carbonyl (C=O) groups excluding carboxylic acids is 2. The predicted molar refractivity (Wildman–Crippen MR) is 141 cm³/mol. The highest BCUT2D eigenvalue weighted by Gasteiger charge is 2.40. The van der Waals surface area contributed by atoms with E-state index >= 15 is 0 Å². The molecule has 0 aromatic rings. The Hall–Kier alpha value is -1.45. The molecule has 3 N–H and O–H groups in total. The van der Waals surface area contributed by atoms with E-state index in [-0.39, 0.29) is 35.0 Å². The van der Waals surface area contributed by atoms with Crippen molar-refractivity contribution in [1.82, 2.24) is 5.32 Å². The fourth-order valence-corrected chi connectivity index (χ4v) is 5.36. The van der Waals surface area contributed by atoms with Gasteiger partial charge >= 0.3 is 0 Å². The van der Waals surface area contributed by atoms with Gasteiger partial charge in [0.2, 0.25) is 12.5 Å². The Morgan fingerprint density at radius 3 is 2.49 bits per heavy atom. The van der Waals surface area contributed by atoms with Crippen LogP contribution in [-0.4, -0.2) is 63.6 Å². The molecule has 1 aliphatic rings. The molecule has 4 atom stereocenters. The highest BCUT2D eigenvalue weighted by molar-refractivity contribution is 7.99. The van der Waals surface area contributed by atoms with Crippen LogP contribution in [0.15, 0.2) is 12.2 Å². The topological polar surface area (TPSA) is 130 Å². The Morgan fingerprint density at radius 2 is 1.74 bits per heavy atom. The molecule has 1 aliphatic carbocycles. The third-order valence-corrected chi connectivity index (χ3v) is 7.64. The lowest BCUT2D eigenvalue weighted by Crippen LogP contribution is -2.25. The van der Waals surface area contributed by atoms with Gasteiger partial charge in [-0.15, -0.1) is 0 Å². The summed E-state index contributed by atoms with van der Waals surface area (Å²) in [7, 11) is 0. The maximum Gasteiger partial charge on any atom is 0.220 e. The molecule has 35 heavy (non-hydrogen) atoms. The fraction of sp³-hybridized carbons (Fsp3) is 0.846. The van der Waals surface area contributed by atoms with Gasteiger partial charge in [0.1, 0.15) is 5.78 Å². The quantitative estimate of drug-likeness (QED) is 0.0901. The largest absolute Gasteiger partial charge is 0.393 e. The van der Waals surface area contributed by atoms with E-state index in [4.69, 9.17) is 0 Å². The molecule has 0 aliphatic heterocycles. The number of Topliss-reactive ketones (excluding diaryl/α,β-unsaturated/α-hetero) is 1. The molecular formula is C26H46N2O6S. The number of nitro groups is 1. The van der Waals surface area contributed by atoms with Gasteiger partial charge in [0.15, 0.2) is 0 Å². The molecular weight excluding hydrogens is 468 g/mol. The van der Waals surface area contributed by atoms with Crippen molar-refractivity contribution in [3.8, 4) is 0 Å². The SMILES string of the molecule is CCCCCCCC(=O)CC[C@@H]1[C@@H](C/C=C\CCCC(=O)NCCSCC[N+](=O)[O-])[C@@H](O)C[C@H]1O. The number of thioether (sulfide) groups is 1. The summed E-state index contributed by atoms with van der Waals surface area (Å²) >= 11 is 1.46. The van der Waals surface area contributed by atoms with Crippen LogP contribution in [0.25, 0.3) is 0 Å². The first-order valence-corrected chi connectivity index (χ1v) is 14.5. The molecule has 8 nitrogen and oxygen atoms in total. The standard InChI is InChI=1S/C26H46N2O6S/c1-2-3-4-5-8-11-21(29)14-15-23-22(24(30)20-25(23)31)12-9-6-7-10-13-26(32)27-16-18-35-19-17-28(33)34/h6,9,22-25,30-31H,2-5,7-8,10-20H2,1H3,(H,27,32)/b9-6-/t22-,23-,24+,25-/m1/s1. The summed E-state index contributed by atoms with van der Waals surface area (Å²) in [5, 5.41) is 33.9. The maximum absolute atomic E-state index is 12.2. The molecule has 0 unspecified atom stereocenters. The normalized spacial score (nSPS) is 22.0. The number of aliphatic hydroxyl groups is 2. The van der Waals surface area contributed by atoms with Gasteiger partial charge in [0.25, 0.3) is 0 Å². The van der Waals surface area contributed by atoms with Crippen LogP contribution in [-0.2, 0) is 9.59 Å². The molecule has 1 rings (SSSR count). The first kappa shape index (κ1) is 31.6. The van der Waals surface area contributed by atoms with Crippen LogP contribution in [0.4, 0.5) is 0 Å². The number of allylic oxidation sites excluding steroid dienone is 2. The number of carbonyl (C=O) groups is 2. The first-order valence-electron chi connectivity index (χ1n) is 13.3. The molecule has 202 valence electrons. The van der Waals surface area contributed by atoms with Crippen LogP contribution in [0.5, 0.6) is 0 Å². The number of ketones is 1. The molecule has 0 radical (unpaired) electrons. The second kappa shape index (κ2) is 19.7. The number of unbranched alkanes of at least 4 members (excludes halogenated alkanes) is 5. The number of amides is 1. The lowest BCUT2D eigenvalue weighted by molar-refractivity contribution is -0.474. The minimum atomic E-state index is -0.554. The Bertz CT molecular complexity index is 645. The number of hydrogen-bond donors (Lipinski definition) is 3. The van der Waals surface area contributed by atoms with Crippen LogP contribution in [0.3, 0.4) is 0 Å². The molecule has 0 spiro atoms. The summed E-state index contributed by atoms with van der Waals surface area (Å²) in [6, 6.07) is 0. The zero-order valence-corrected chi connectivity index (χ0v) is 22.2. The average molecular weight is 515 g/mol. The molecule has 1 amide bonds. The second-order valence-electron chi connectivity index (χ2n) is 9.56. The van der Waals surface area contributed by atoms with E-state index in [0.717, 1.165) is 25.7 Å². The summed E-state index contributed by atoms with van der Waals surface area (Å²) in [6.45, 7) is 2.63. The van der Waals surface area contributed by atoms with Crippen molar-refractivity contribution in [1.29, 1.82) is 0 Å². The summed E-state index contributed by atoms with van der Waals surface area (Å²) in [5.74, 6) is 1.29. The van der Waals surface area contributed by atoms with Crippen molar-refractivity contribution in [2.24, 2.45) is 11.8 Å². The molecule has 1 fully saturated rings. The number of rotatable bonds is 21. The first-order chi connectivity index (χ1) is 16.8. The van der Waals surface area contributed by atoms with Crippen LogP contribution in [0, 0.1) is 22.0 Å². The van der Waals surface area contributed by atoms with Gasteiger partial charge < -0.3 is 15.5 Å². The average Bonchev–Trinajstić information content (AvgIpc) is 3.08. The van der Waals surface area contributed by atoms with E-state index in [1.165, 1.54) is 31.0 Å². The van der Waals surface area contributed by atoms with Crippen LogP contribution in [0.2, 0.25) is 0 Å². The predicted octanol–water partition coefficient (Wildman–Crippen LogP) is 4.30. The zero-order valence-electron chi connectivity index (χ0n) is 21.4. The lowest BCUT2D eigenvalue weighted by atomic mass is 9.86. The van der Waals surface area contributed by atoms with Crippen LogP contribution >= 0.6 is 11.8 Å². The van der Waals surface area contributed by atoms with E-state index < -0.39 is 12.2 Å². The van der Waals surface area contributed by atoms with Crippen LogP contribution < -0.4 is 5.32 Å². The van der Waals surface area contributed by atoms with Gasteiger partial charge in [0, 0.05) is 36.5 Å². The van der Waals surface area contributed by atoms with Crippen molar-refractivity contribution < 1.29 is 24.7 Å². The summed E-state index contributed by atoms with van der Waals surface area (Å²) in [4.78, 5) is 34.0. The monoisotopic (exact) mass is 514 g/mol. The van der Waals surface area contributed by atoms with Gasteiger partial charge in [-0.25, -0.2) is 0 Å². The second-order valence-corrected chi connectivity index (χ2v) is 10.8. The number of nitrogens with one attached hydrogen (secondary N) is 1. The van der Waals surface area contributed by atoms with Crippen molar-refractivity contribution in [2.45, 2.75) is 103 Å². The minimum absolute atomic E-state index is 0.0160. The molecule has 0 heterocycles. The van der Waals surface area contributed by atoms with Gasteiger partial charge in [-0.05, 0) is 50.4 Å². The summed E-state index contributed by atoms with van der Waals surface area (Å²) in [5.41, 5.74) is 0. The highest BCUT2D eigenvalue weighted by Crippen LogP contribution is 2.38. The molecule has 9 heteroatoms. The minimum Gasteiger partial charge on any atom is -0.393 e. The van der Waals surface area contributed by atoms with E-state index in [1.54, 1.807) is 0 Å². The fourth-order valence-electron chi connectivity index (χ4n) is 4.63. The van der Waals surface area contributed by atoms with Crippen molar-refractivity contribution >= 4 is 23.5 Å². The van der Waals surface area contributed by atoms with E-state index in [9.17, 15) is 29.9 Å². The van der Waals surface area contributed by atoms with E-state index in [1.807, 2.05) is 12.2 Å². The Labute approximate surface area is 214 Å². The smallest absolute Gasteiger partial charge is 0.220 e. The van der Waals surface area contributed by atoms with Gasteiger partial charge in [-0.2, -0.15) is 11.8 Å². The third-order valence-electron chi connectivity index (χ3n) is 6.67. The molecule has 0 saturated heterocycles. The Balaban J connectivity index is 2.20. The van der Waals surface area contributed by atoms with Crippen molar-refractivity contribution in [2.75, 3.05) is 24.6 Å². The molecule has 0 aromatic heterocycles. The Kier molecular flexibility index (Phi) is 17.8. The van der Waals surface area contributed by atoms with Gasteiger partial charge in [-0.3, -0.25) is 19.7 Å². The molecule has 0 bridgehead atoms. The van der Waals surface area contributed by atoms with Gasteiger partial charge in [-0.1, -0.05) is 44.8 Å². The van der Waals surface area contributed by atoms with Gasteiger partial charge in [0.05, 0.1) is 18.0 Å². The summed E-state index contributed by atoms with van der Waals surface area (Å²) in [6.07, 6.45) is 13.3. The van der Waals surface area contributed by atoms with E-state index in [2.05, 4.69) is 12.2 Å². The number of aliphatic hydroxyl groups excluding tert-OH is 2. The highest BCUT2D eigenvalue weighted by atomic mass is 32.2. The summed E-state index contributed by atoms with van der Waals surface area (Å²) < 4.78 is 0.